The summed E-state index contributed by atoms with van der Waals surface area (Å²) in [6.07, 6.45) is -0.00179. The molecule has 9 nitrogen and oxygen atoms in total. The molecular weight excluding hydrogens is 552 g/mol. The Morgan fingerprint density at radius 2 is 1.43 bits per heavy atom. The summed E-state index contributed by atoms with van der Waals surface area (Å²) in [5, 5.41) is 10.8. The summed E-state index contributed by atoms with van der Waals surface area (Å²) in [4.78, 5) is 40.0. The number of rotatable bonds is 9. The van der Waals surface area contributed by atoms with E-state index in [4.69, 9.17) is 9.47 Å². The lowest BCUT2D eigenvalue weighted by atomic mass is 10.1. The van der Waals surface area contributed by atoms with Gasteiger partial charge in [-0.1, -0.05) is 54.6 Å². The molecule has 0 spiro atoms. The van der Waals surface area contributed by atoms with Gasteiger partial charge >= 0.3 is 0 Å². The number of amides is 3. The summed E-state index contributed by atoms with van der Waals surface area (Å²) in [5.74, 6) is 0.201. The summed E-state index contributed by atoms with van der Waals surface area (Å²) in [6.45, 7) is 0. The molecule has 3 amide bonds. The van der Waals surface area contributed by atoms with Crippen molar-refractivity contribution in [3.8, 4) is 11.5 Å². The summed E-state index contributed by atoms with van der Waals surface area (Å²) >= 11 is 1.35. The Kier molecular flexibility index (Phi) is 8.84. The second-order valence-corrected chi connectivity index (χ2v) is 10.4. The Morgan fingerprint density at radius 3 is 2.05 bits per heavy atom. The van der Waals surface area contributed by atoms with Crippen molar-refractivity contribution in [2.24, 2.45) is 5.10 Å². The van der Waals surface area contributed by atoms with Crippen LogP contribution in [0.1, 0.15) is 27.6 Å². The highest BCUT2D eigenvalue weighted by Gasteiger charge is 2.29. The smallest absolute Gasteiger partial charge is 0.263 e. The highest BCUT2D eigenvalue weighted by molar-refractivity contribution is 8.00. The van der Waals surface area contributed by atoms with E-state index >= 15 is 0 Å². The van der Waals surface area contributed by atoms with Crippen LogP contribution in [0.25, 0.3) is 0 Å². The molecule has 1 atom stereocenters. The Labute approximate surface area is 247 Å². The third-order valence-corrected chi connectivity index (χ3v) is 7.67. The van der Waals surface area contributed by atoms with Crippen LogP contribution in [0.2, 0.25) is 0 Å². The summed E-state index contributed by atoms with van der Waals surface area (Å²) < 4.78 is 10.7. The minimum atomic E-state index is -0.618. The van der Waals surface area contributed by atoms with Crippen LogP contribution in [0.15, 0.2) is 113 Å². The van der Waals surface area contributed by atoms with E-state index in [0.29, 0.717) is 34.3 Å². The number of hydrogen-bond donors (Lipinski definition) is 2. The van der Waals surface area contributed by atoms with Gasteiger partial charge in [-0.3, -0.25) is 14.4 Å². The van der Waals surface area contributed by atoms with Gasteiger partial charge in [-0.05, 0) is 54.1 Å². The van der Waals surface area contributed by atoms with Crippen molar-refractivity contribution in [3.63, 3.8) is 0 Å². The van der Waals surface area contributed by atoms with Crippen LogP contribution in [-0.4, -0.2) is 37.8 Å². The fraction of sp³-hybridized carbons (Fsp3) is 0.125. The van der Waals surface area contributed by atoms with Gasteiger partial charge in [0.15, 0.2) is 0 Å². The lowest BCUT2D eigenvalue weighted by Crippen LogP contribution is -2.33. The number of hydrogen-bond acceptors (Lipinski definition) is 7. The molecule has 0 saturated heterocycles. The van der Waals surface area contributed by atoms with Gasteiger partial charge in [0.1, 0.15) is 28.1 Å². The van der Waals surface area contributed by atoms with Gasteiger partial charge in [0.25, 0.3) is 11.8 Å². The molecule has 0 radical (unpaired) electrons. The van der Waals surface area contributed by atoms with Gasteiger partial charge < -0.3 is 20.1 Å². The van der Waals surface area contributed by atoms with Crippen molar-refractivity contribution < 1.29 is 23.9 Å². The molecule has 1 unspecified atom stereocenters. The van der Waals surface area contributed by atoms with E-state index < -0.39 is 5.25 Å². The zero-order valence-electron chi connectivity index (χ0n) is 22.9. The lowest BCUT2D eigenvalue weighted by Gasteiger charge is -2.17. The van der Waals surface area contributed by atoms with Gasteiger partial charge in [0.05, 0.1) is 26.3 Å². The molecule has 2 N–H and O–H groups in total. The average molecular weight is 581 g/mol. The second-order valence-electron chi connectivity index (χ2n) is 9.18. The Balaban J connectivity index is 1.31. The van der Waals surface area contributed by atoms with Crippen molar-refractivity contribution in [1.29, 1.82) is 0 Å². The molecule has 0 aliphatic carbocycles. The largest absolute Gasteiger partial charge is 0.496 e. The number of methoxy groups -OCH3 is 2. The number of ether oxygens (including phenoxy) is 2. The van der Waals surface area contributed by atoms with Gasteiger partial charge in [-0.15, -0.1) is 11.8 Å². The van der Waals surface area contributed by atoms with Crippen LogP contribution in [0.3, 0.4) is 0 Å². The monoisotopic (exact) mass is 580 g/mol. The van der Waals surface area contributed by atoms with Gasteiger partial charge in [0.2, 0.25) is 5.91 Å². The first-order valence-corrected chi connectivity index (χ1v) is 13.9. The zero-order chi connectivity index (χ0) is 29.5. The van der Waals surface area contributed by atoms with Crippen LogP contribution in [0, 0.1) is 0 Å². The van der Waals surface area contributed by atoms with Crippen LogP contribution in [-0.2, 0) is 9.59 Å². The molecule has 42 heavy (non-hydrogen) atoms. The number of carbonyl (C=O) groups is 3. The topological polar surface area (TPSA) is 109 Å². The highest BCUT2D eigenvalue weighted by atomic mass is 32.2. The quantitative estimate of drug-likeness (QED) is 0.248. The number of hydrazone groups is 1. The number of anilines is 2. The highest BCUT2D eigenvalue weighted by Crippen LogP contribution is 2.36. The predicted octanol–water partition coefficient (Wildman–Crippen LogP) is 5.66. The van der Waals surface area contributed by atoms with Crippen molar-refractivity contribution in [1.82, 2.24) is 5.32 Å². The van der Waals surface area contributed by atoms with Crippen LogP contribution >= 0.6 is 11.8 Å². The minimum absolute atomic E-state index is 0.00179. The van der Waals surface area contributed by atoms with E-state index in [0.717, 1.165) is 10.5 Å². The van der Waals surface area contributed by atoms with Crippen LogP contribution in [0.5, 0.6) is 11.5 Å². The summed E-state index contributed by atoms with van der Waals surface area (Å²) in [5.41, 5.74) is 2.29. The van der Waals surface area contributed by atoms with Crippen LogP contribution in [0.4, 0.5) is 11.4 Å². The third kappa shape index (κ3) is 6.45. The zero-order valence-corrected chi connectivity index (χ0v) is 23.8. The maximum atomic E-state index is 13.5. The fourth-order valence-corrected chi connectivity index (χ4v) is 5.42. The molecule has 4 aromatic rings. The van der Waals surface area contributed by atoms with E-state index in [9.17, 15) is 14.4 Å². The standard InChI is InChI=1S/C32H28N4O5S/c1-40-25-14-9-15-26(41-2)29(25)31(38)33-22-16-18-24(19-17-22)42-30(21-10-5-3-6-11-21)32(39)34-27-20-28(37)36(35-27)23-12-7-4-8-13-23/h3-19,30H,20H2,1-2H3,(H,33,38)(H,34,35,39). The minimum Gasteiger partial charge on any atom is -0.496 e. The first-order chi connectivity index (χ1) is 20.5. The lowest BCUT2D eigenvalue weighted by molar-refractivity contribution is -0.119. The normalized spacial score (nSPS) is 13.2. The number of nitrogens with zero attached hydrogens (tertiary/aromatic N) is 2. The summed E-state index contributed by atoms with van der Waals surface area (Å²) in [6, 6.07) is 30.8. The maximum Gasteiger partial charge on any atom is 0.263 e. The van der Waals surface area contributed by atoms with Crippen molar-refractivity contribution in [3.05, 3.63) is 114 Å². The number of para-hydroxylation sites is 1. The van der Waals surface area contributed by atoms with Crippen molar-refractivity contribution in [2.45, 2.75) is 16.6 Å². The number of nitrogens with one attached hydrogen (secondary N) is 2. The molecule has 212 valence electrons. The molecule has 0 aromatic heterocycles. The van der Waals surface area contributed by atoms with Crippen molar-refractivity contribution in [2.75, 3.05) is 24.5 Å². The molecule has 0 saturated carbocycles. The molecule has 5 rings (SSSR count). The van der Waals surface area contributed by atoms with E-state index in [-0.39, 0.29) is 24.1 Å². The van der Waals surface area contributed by atoms with E-state index in [1.165, 1.54) is 31.0 Å². The number of thioether (sulfide) groups is 1. The van der Waals surface area contributed by atoms with E-state index in [1.807, 2.05) is 60.7 Å². The van der Waals surface area contributed by atoms with Gasteiger partial charge in [-0.25, -0.2) is 0 Å². The molecule has 1 heterocycles. The molecule has 10 heteroatoms. The van der Waals surface area contributed by atoms with E-state index in [2.05, 4.69) is 15.7 Å². The predicted molar refractivity (Wildman–Crippen MR) is 163 cm³/mol. The number of benzene rings is 4. The third-order valence-electron chi connectivity index (χ3n) is 6.41. The molecule has 0 fully saturated rings. The first kappa shape index (κ1) is 28.4. The Morgan fingerprint density at radius 1 is 0.810 bits per heavy atom. The number of amidine groups is 1. The average Bonchev–Trinajstić information content (AvgIpc) is 3.40. The van der Waals surface area contributed by atoms with Crippen molar-refractivity contribution >= 4 is 46.7 Å². The first-order valence-electron chi connectivity index (χ1n) is 13.1. The Hall–Kier alpha value is -5.09. The van der Waals surface area contributed by atoms with E-state index in [1.54, 1.807) is 42.5 Å². The molecule has 0 bridgehead atoms. The molecule has 1 aliphatic heterocycles. The number of carbonyl (C=O) groups excluding carboxylic acids is 3. The van der Waals surface area contributed by atoms with Gasteiger partial charge in [0, 0.05) is 10.6 Å². The molecule has 1 aliphatic rings. The SMILES string of the molecule is COc1cccc(OC)c1C(=O)Nc1ccc(SC(C(=O)NC2=NN(c3ccccc3)C(=O)C2)c2ccccc2)cc1. The fourth-order valence-electron chi connectivity index (χ4n) is 4.40. The Bertz CT molecular complexity index is 1590. The molecule has 4 aromatic carbocycles. The van der Waals surface area contributed by atoms with Crippen LogP contribution < -0.4 is 25.1 Å². The second kappa shape index (κ2) is 13.0. The maximum absolute atomic E-state index is 13.5. The van der Waals surface area contributed by atoms with Gasteiger partial charge in [-0.2, -0.15) is 10.1 Å². The summed E-state index contributed by atoms with van der Waals surface area (Å²) in [7, 11) is 2.99. The molecular formula is C32H28N4O5S.